The Bertz CT molecular complexity index is 493. The van der Waals surface area contributed by atoms with Crippen molar-refractivity contribution in [3.05, 3.63) is 49.0 Å². The molecule has 0 spiro atoms. The lowest BCUT2D eigenvalue weighted by atomic mass is 10.2. The number of para-hydroxylation sites is 1. The zero-order valence-corrected chi connectivity index (χ0v) is 12.9. The number of phenols is 1. The Hall–Kier alpha value is -0.360. The van der Waals surface area contributed by atoms with Crippen molar-refractivity contribution in [1.29, 1.82) is 0 Å². The highest BCUT2D eigenvalue weighted by Crippen LogP contribution is 2.32. The molecule has 2 rings (SSSR count). The molecule has 2 aromatic rings. The van der Waals surface area contributed by atoms with Gasteiger partial charge in [-0.3, -0.25) is 0 Å². The van der Waals surface area contributed by atoms with Gasteiger partial charge in [0.1, 0.15) is 5.75 Å². The molecule has 0 amide bonds. The minimum absolute atomic E-state index is 0.341. The number of hydrogen-bond donors (Lipinski definition) is 2. The molecule has 0 saturated heterocycles. The lowest BCUT2D eigenvalue weighted by molar-refractivity contribution is 0.464. The minimum Gasteiger partial charge on any atom is -0.508 e. The Morgan fingerprint density at radius 1 is 1.18 bits per heavy atom. The van der Waals surface area contributed by atoms with E-state index in [0.717, 1.165) is 20.4 Å². The number of nitrogens with one attached hydrogen (secondary N) is 1. The first kappa shape index (κ1) is 13.1. The van der Waals surface area contributed by atoms with Crippen LogP contribution < -0.4 is 5.32 Å². The first-order chi connectivity index (χ1) is 8.16. The Morgan fingerprint density at radius 2 is 1.94 bits per heavy atom. The van der Waals surface area contributed by atoms with Gasteiger partial charge in [-0.15, -0.1) is 11.3 Å². The van der Waals surface area contributed by atoms with Gasteiger partial charge in [0.15, 0.2) is 0 Å². The summed E-state index contributed by atoms with van der Waals surface area (Å²) in [6.45, 7) is 1.46. The van der Waals surface area contributed by atoms with E-state index in [2.05, 4.69) is 43.2 Å². The van der Waals surface area contributed by atoms with Crippen molar-refractivity contribution < 1.29 is 5.11 Å². The molecular weight excluding hydrogens is 366 g/mol. The van der Waals surface area contributed by atoms with Crippen molar-refractivity contribution in [1.82, 2.24) is 5.32 Å². The van der Waals surface area contributed by atoms with Gasteiger partial charge >= 0.3 is 0 Å². The molecule has 90 valence electrons. The maximum absolute atomic E-state index is 9.60. The van der Waals surface area contributed by atoms with Crippen molar-refractivity contribution in [2.75, 3.05) is 0 Å². The average Bonchev–Trinajstić information content (AvgIpc) is 2.61. The van der Waals surface area contributed by atoms with Crippen LogP contribution in [-0.4, -0.2) is 5.11 Å². The largest absolute Gasteiger partial charge is 0.508 e. The Labute approximate surface area is 121 Å². The summed E-state index contributed by atoms with van der Waals surface area (Å²) in [7, 11) is 0. The van der Waals surface area contributed by atoms with E-state index in [-0.39, 0.29) is 0 Å². The summed E-state index contributed by atoms with van der Waals surface area (Å²) in [5, 5.41) is 12.9. The number of halogens is 2. The van der Waals surface area contributed by atoms with E-state index in [1.807, 2.05) is 18.2 Å². The number of benzene rings is 1. The van der Waals surface area contributed by atoms with Crippen LogP contribution in [0, 0.1) is 0 Å². The van der Waals surface area contributed by atoms with E-state index in [4.69, 9.17) is 0 Å². The van der Waals surface area contributed by atoms with Crippen LogP contribution in [0.4, 0.5) is 0 Å². The van der Waals surface area contributed by atoms with Crippen molar-refractivity contribution >= 4 is 43.2 Å². The minimum atomic E-state index is 0.341. The Balaban J connectivity index is 1.90. The quantitative estimate of drug-likeness (QED) is 0.835. The zero-order valence-electron chi connectivity index (χ0n) is 8.91. The summed E-state index contributed by atoms with van der Waals surface area (Å²) in [6.07, 6.45) is 0. The fourth-order valence-electron chi connectivity index (χ4n) is 1.46. The lowest BCUT2D eigenvalue weighted by Gasteiger charge is -2.05. The molecule has 0 aliphatic heterocycles. The van der Waals surface area contributed by atoms with E-state index < -0.39 is 0 Å². The van der Waals surface area contributed by atoms with Crippen molar-refractivity contribution in [3.8, 4) is 5.75 Å². The van der Waals surface area contributed by atoms with Crippen LogP contribution in [0.25, 0.3) is 0 Å². The molecule has 17 heavy (non-hydrogen) atoms. The van der Waals surface area contributed by atoms with Crippen LogP contribution in [0.5, 0.6) is 5.75 Å². The summed E-state index contributed by atoms with van der Waals surface area (Å²) >= 11 is 8.63. The molecule has 0 unspecified atom stereocenters. The highest BCUT2D eigenvalue weighted by atomic mass is 79.9. The molecule has 2 nitrogen and oxygen atoms in total. The van der Waals surface area contributed by atoms with Gasteiger partial charge in [0.25, 0.3) is 0 Å². The molecule has 1 aromatic heterocycles. The van der Waals surface area contributed by atoms with Crippen molar-refractivity contribution in [2.45, 2.75) is 13.1 Å². The average molecular weight is 377 g/mol. The topological polar surface area (TPSA) is 32.3 Å². The molecule has 0 bridgehead atoms. The molecule has 0 saturated carbocycles. The maximum atomic E-state index is 9.60. The third-order valence-corrected chi connectivity index (χ3v) is 5.56. The van der Waals surface area contributed by atoms with E-state index in [0.29, 0.717) is 12.3 Å². The molecule has 0 fully saturated rings. The summed E-state index contributed by atoms with van der Waals surface area (Å²) in [4.78, 5) is 1.25. The van der Waals surface area contributed by atoms with Crippen LogP contribution in [0.2, 0.25) is 0 Å². The molecule has 0 radical (unpaired) electrons. The Kier molecular flexibility index (Phi) is 4.62. The van der Waals surface area contributed by atoms with Crippen LogP contribution in [0.3, 0.4) is 0 Å². The SMILES string of the molecule is Oc1ccccc1CNCc1cc(Br)c(Br)s1. The van der Waals surface area contributed by atoms with Crippen molar-refractivity contribution in [3.63, 3.8) is 0 Å². The highest BCUT2D eigenvalue weighted by molar-refractivity contribution is 9.13. The molecule has 0 atom stereocenters. The van der Waals surface area contributed by atoms with E-state index in [1.54, 1.807) is 17.4 Å². The van der Waals surface area contributed by atoms with Gasteiger partial charge in [0.05, 0.1) is 3.79 Å². The second-order valence-electron chi connectivity index (χ2n) is 3.57. The predicted octanol–water partition coefficient (Wildman–Crippen LogP) is 4.27. The normalized spacial score (nSPS) is 10.7. The van der Waals surface area contributed by atoms with E-state index >= 15 is 0 Å². The van der Waals surface area contributed by atoms with Crippen LogP contribution >= 0.6 is 43.2 Å². The molecule has 0 aliphatic carbocycles. The highest BCUT2D eigenvalue weighted by Gasteiger charge is 2.04. The summed E-state index contributed by atoms with van der Waals surface area (Å²) in [6, 6.07) is 9.46. The molecular formula is C12H11Br2NOS. The summed E-state index contributed by atoms with van der Waals surface area (Å²) in [5.74, 6) is 0.341. The fourth-order valence-corrected chi connectivity index (χ4v) is 3.61. The van der Waals surface area contributed by atoms with Gasteiger partial charge in [-0.25, -0.2) is 0 Å². The summed E-state index contributed by atoms with van der Waals surface area (Å²) in [5.41, 5.74) is 0.919. The number of hydrogen-bond acceptors (Lipinski definition) is 3. The second kappa shape index (κ2) is 6.00. The van der Waals surface area contributed by atoms with Crippen LogP contribution in [0.1, 0.15) is 10.4 Å². The monoisotopic (exact) mass is 375 g/mol. The zero-order chi connectivity index (χ0) is 12.3. The van der Waals surface area contributed by atoms with E-state index in [1.165, 1.54) is 4.88 Å². The first-order valence-electron chi connectivity index (χ1n) is 5.08. The van der Waals surface area contributed by atoms with Gasteiger partial charge in [0, 0.05) is 28.0 Å². The molecule has 0 aliphatic rings. The van der Waals surface area contributed by atoms with Gasteiger partial charge in [-0.1, -0.05) is 18.2 Å². The van der Waals surface area contributed by atoms with Gasteiger partial charge in [-0.05, 0) is 44.0 Å². The second-order valence-corrected chi connectivity index (χ2v) is 6.88. The van der Waals surface area contributed by atoms with Gasteiger partial charge in [-0.2, -0.15) is 0 Å². The smallest absolute Gasteiger partial charge is 0.120 e. The number of aromatic hydroxyl groups is 1. The molecule has 5 heteroatoms. The molecule has 1 aromatic carbocycles. The fraction of sp³-hybridized carbons (Fsp3) is 0.167. The van der Waals surface area contributed by atoms with Crippen LogP contribution in [-0.2, 0) is 13.1 Å². The Morgan fingerprint density at radius 3 is 2.59 bits per heavy atom. The molecule has 2 N–H and O–H groups in total. The van der Waals surface area contributed by atoms with Gasteiger partial charge in [0.2, 0.25) is 0 Å². The van der Waals surface area contributed by atoms with Crippen LogP contribution in [0.15, 0.2) is 38.6 Å². The number of thiophene rings is 1. The number of rotatable bonds is 4. The predicted molar refractivity (Wildman–Crippen MR) is 78.4 cm³/mol. The summed E-state index contributed by atoms with van der Waals surface area (Å²) < 4.78 is 2.19. The van der Waals surface area contributed by atoms with Gasteiger partial charge < -0.3 is 10.4 Å². The number of phenolic OH excluding ortho intramolecular Hbond substituents is 1. The third-order valence-electron chi connectivity index (χ3n) is 2.30. The van der Waals surface area contributed by atoms with E-state index in [9.17, 15) is 5.11 Å². The lowest BCUT2D eigenvalue weighted by Crippen LogP contribution is -2.11. The maximum Gasteiger partial charge on any atom is 0.120 e. The molecule has 1 heterocycles. The standard InChI is InChI=1S/C12H11Br2NOS/c13-10-5-9(17-12(10)14)7-15-6-8-3-1-2-4-11(8)16/h1-5,15-16H,6-7H2. The first-order valence-corrected chi connectivity index (χ1v) is 7.48. The van der Waals surface area contributed by atoms with Crippen molar-refractivity contribution in [2.24, 2.45) is 0 Å². The third kappa shape index (κ3) is 3.55.